The Balaban J connectivity index is 2.78. The van der Waals surface area contributed by atoms with Gasteiger partial charge in [-0.05, 0) is 24.5 Å². The van der Waals surface area contributed by atoms with Crippen molar-refractivity contribution in [2.75, 3.05) is 5.75 Å². The van der Waals surface area contributed by atoms with Crippen LogP contribution >= 0.6 is 11.8 Å². The molecule has 1 radical (unpaired) electrons. The summed E-state index contributed by atoms with van der Waals surface area (Å²) in [5.41, 5.74) is 0. The highest BCUT2D eigenvalue weighted by atomic mass is 32.2. The van der Waals surface area contributed by atoms with Gasteiger partial charge in [-0.25, -0.2) is 0 Å². The lowest BCUT2D eigenvalue weighted by Gasteiger charge is -1.79. The van der Waals surface area contributed by atoms with E-state index in [1.807, 2.05) is 0 Å². The van der Waals surface area contributed by atoms with E-state index in [2.05, 4.69) is 25.3 Å². The zero-order chi connectivity index (χ0) is 5.54. The van der Waals surface area contributed by atoms with Crippen molar-refractivity contribution in [1.82, 2.24) is 0 Å². The van der Waals surface area contributed by atoms with Gasteiger partial charge in [-0.2, -0.15) is 0 Å². The third-order valence-corrected chi connectivity index (χ3v) is 1.17. The third kappa shape index (κ3) is 6.09. The van der Waals surface area contributed by atoms with Crippen LogP contribution in [-0.4, -0.2) is 5.75 Å². The Labute approximate surface area is 50.0 Å². The molecule has 0 heterocycles. The van der Waals surface area contributed by atoms with E-state index in [0.29, 0.717) is 0 Å². The lowest BCUT2D eigenvalue weighted by Crippen LogP contribution is -1.57. The lowest BCUT2D eigenvalue weighted by molar-refractivity contribution is 1.23. The van der Waals surface area contributed by atoms with Crippen molar-refractivity contribution in [2.24, 2.45) is 0 Å². The fraction of sp³-hybridized carbons (Fsp3) is 0.500. The zero-order valence-corrected chi connectivity index (χ0v) is 5.50. The molecule has 0 N–H and O–H groups in total. The number of thioether (sulfide) groups is 1. The minimum atomic E-state index is 0.941. The summed E-state index contributed by atoms with van der Waals surface area (Å²) in [4.78, 5) is 0. The Morgan fingerprint density at radius 2 is 2.43 bits per heavy atom. The van der Waals surface area contributed by atoms with Crippen LogP contribution in [0, 0.1) is 6.92 Å². The fourth-order valence-corrected chi connectivity index (χ4v) is 0.697. The molecule has 0 bridgehead atoms. The fourth-order valence-electron chi connectivity index (χ4n) is 0.232. The van der Waals surface area contributed by atoms with Crippen LogP contribution < -0.4 is 0 Å². The SMILES string of the molecule is [CH2]CSC=CCC. The number of allylic oxidation sites excluding steroid dienone is 1. The van der Waals surface area contributed by atoms with Crippen molar-refractivity contribution in [1.29, 1.82) is 0 Å². The van der Waals surface area contributed by atoms with Crippen molar-refractivity contribution >= 4 is 11.8 Å². The molecule has 7 heavy (non-hydrogen) atoms. The van der Waals surface area contributed by atoms with Gasteiger partial charge in [0.05, 0.1) is 0 Å². The second kappa shape index (κ2) is 6.09. The number of hydrogen-bond acceptors (Lipinski definition) is 1. The van der Waals surface area contributed by atoms with Crippen molar-refractivity contribution in [3.8, 4) is 0 Å². The molecule has 41 valence electrons. The summed E-state index contributed by atoms with van der Waals surface area (Å²) in [6, 6.07) is 0. The maximum Gasteiger partial charge on any atom is -0.00258 e. The van der Waals surface area contributed by atoms with Crippen molar-refractivity contribution in [3.63, 3.8) is 0 Å². The Kier molecular flexibility index (Phi) is 6.17. The molecule has 0 spiro atoms. The average Bonchev–Trinajstić information content (AvgIpc) is 1.69. The lowest BCUT2D eigenvalue weighted by atomic mass is 10.5. The Bertz CT molecular complexity index is 48.1. The van der Waals surface area contributed by atoms with E-state index < -0.39 is 0 Å². The van der Waals surface area contributed by atoms with Gasteiger partial charge in [0.1, 0.15) is 0 Å². The molecule has 0 rings (SSSR count). The molecule has 0 unspecified atom stereocenters. The quantitative estimate of drug-likeness (QED) is 0.544. The Morgan fingerprint density at radius 1 is 1.71 bits per heavy atom. The summed E-state index contributed by atoms with van der Waals surface area (Å²) in [6.45, 7) is 5.79. The van der Waals surface area contributed by atoms with E-state index in [9.17, 15) is 0 Å². The largest absolute Gasteiger partial charge is 0.134 e. The monoisotopic (exact) mass is 115 g/mol. The molecule has 0 aromatic carbocycles. The predicted molar refractivity (Wildman–Crippen MR) is 37.2 cm³/mol. The summed E-state index contributed by atoms with van der Waals surface area (Å²) in [6.07, 6.45) is 3.27. The van der Waals surface area contributed by atoms with Gasteiger partial charge in [0.25, 0.3) is 0 Å². The van der Waals surface area contributed by atoms with Crippen LogP contribution in [0.2, 0.25) is 0 Å². The Hall–Kier alpha value is 0.0900. The molecule has 0 saturated carbocycles. The second-order valence-electron chi connectivity index (χ2n) is 1.15. The predicted octanol–water partition coefficient (Wildman–Crippen LogP) is 2.48. The van der Waals surface area contributed by atoms with E-state index in [0.717, 1.165) is 12.2 Å². The van der Waals surface area contributed by atoms with E-state index in [1.54, 1.807) is 11.8 Å². The topological polar surface area (TPSA) is 0 Å². The summed E-state index contributed by atoms with van der Waals surface area (Å²) in [5, 5.41) is 2.09. The molecule has 0 nitrogen and oxygen atoms in total. The first-order valence-corrected chi connectivity index (χ1v) is 3.52. The molecule has 0 atom stereocenters. The summed E-state index contributed by atoms with van der Waals surface area (Å²) in [5.74, 6) is 0.941. The number of rotatable bonds is 3. The maximum absolute atomic E-state index is 3.67. The normalized spacial score (nSPS) is 10.6. The van der Waals surface area contributed by atoms with Gasteiger partial charge < -0.3 is 0 Å². The number of hydrogen-bond donors (Lipinski definition) is 0. The summed E-state index contributed by atoms with van der Waals surface area (Å²) >= 11 is 1.74. The van der Waals surface area contributed by atoms with Crippen molar-refractivity contribution < 1.29 is 0 Å². The van der Waals surface area contributed by atoms with Gasteiger partial charge in [-0.1, -0.05) is 13.0 Å². The molecule has 0 aromatic rings. The molecule has 0 aliphatic heterocycles. The standard InChI is InChI=1S/C6H11S/c1-3-5-6-7-4-2/h5-6H,2-4H2,1H3. The molecule has 0 aliphatic rings. The molecule has 0 amide bonds. The molecule has 0 saturated heterocycles. The summed E-state index contributed by atoms with van der Waals surface area (Å²) in [7, 11) is 0. The molecule has 1 heteroatoms. The van der Waals surface area contributed by atoms with Gasteiger partial charge in [0.2, 0.25) is 0 Å². The van der Waals surface area contributed by atoms with E-state index in [1.165, 1.54) is 0 Å². The van der Waals surface area contributed by atoms with Gasteiger partial charge >= 0.3 is 0 Å². The Morgan fingerprint density at radius 3 is 2.86 bits per heavy atom. The van der Waals surface area contributed by atoms with Crippen LogP contribution in [0.25, 0.3) is 0 Å². The molecular formula is C6H11S. The highest BCUT2D eigenvalue weighted by molar-refractivity contribution is 8.02. The second-order valence-corrected chi connectivity index (χ2v) is 2.16. The average molecular weight is 115 g/mol. The van der Waals surface area contributed by atoms with Crippen LogP contribution in [0.4, 0.5) is 0 Å². The van der Waals surface area contributed by atoms with Crippen LogP contribution in [-0.2, 0) is 0 Å². The van der Waals surface area contributed by atoms with E-state index in [4.69, 9.17) is 0 Å². The van der Waals surface area contributed by atoms with Crippen LogP contribution in [0.3, 0.4) is 0 Å². The first kappa shape index (κ1) is 7.09. The van der Waals surface area contributed by atoms with E-state index in [-0.39, 0.29) is 0 Å². The van der Waals surface area contributed by atoms with Crippen molar-refractivity contribution in [3.05, 3.63) is 18.4 Å². The first-order valence-electron chi connectivity index (χ1n) is 2.47. The third-order valence-electron chi connectivity index (χ3n) is 0.546. The van der Waals surface area contributed by atoms with Gasteiger partial charge in [-0.3, -0.25) is 0 Å². The smallest absolute Gasteiger partial charge is 0.00258 e. The van der Waals surface area contributed by atoms with Gasteiger partial charge in [0, 0.05) is 0 Å². The van der Waals surface area contributed by atoms with Crippen LogP contribution in [0.1, 0.15) is 13.3 Å². The molecular weight excluding hydrogens is 104 g/mol. The minimum absolute atomic E-state index is 0.941. The van der Waals surface area contributed by atoms with Crippen LogP contribution in [0.5, 0.6) is 0 Å². The highest BCUT2D eigenvalue weighted by Crippen LogP contribution is 1.99. The summed E-state index contributed by atoms with van der Waals surface area (Å²) < 4.78 is 0. The first-order chi connectivity index (χ1) is 3.41. The van der Waals surface area contributed by atoms with Gasteiger partial charge in [0.15, 0.2) is 0 Å². The van der Waals surface area contributed by atoms with Crippen molar-refractivity contribution in [2.45, 2.75) is 13.3 Å². The zero-order valence-electron chi connectivity index (χ0n) is 4.68. The molecule has 0 aliphatic carbocycles. The van der Waals surface area contributed by atoms with E-state index >= 15 is 0 Å². The maximum atomic E-state index is 3.67. The molecule has 0 fully saturated rings. The van der Waals surface area contributed by atoms with Gasteiger partial charge in [-0.15, -0.1) is 11.8 Å². The molecule has 0 aromatic heterocycles. The highest BCUT2D eigenvalue weighted by Gasteiger charge is 1.67. The minimum Gasteiger partial charge on any atom is -0.134 e. The van der Waals surface area contributed by atoms with Crippen LogP contribution in [0.15, 0.2) is 11.5 Å².